The normalized spacial score (nSPS) is 10.5. The van der Waals surface area contributed by atoms with Crippen LogP contribution in [0, 0.1) is 6.92 Å². The molecule has 5 nitrogen and oxygen atoms in total. The SMILES string of the molecule is CCOc1ccc(NC(=O)c2nc(SCc3ccccc3C)ncc2Br)cc1. The molecule has 1 amide bonds. The van der Waals surface area contributed by atoms with Crippen LogP contribution < -0.4 is 10.1 Å². The van der Waals surface area contributed by atoms with Gasteiger partial charge in [0.15, 0.2) is 5.16 Å². The Hall–Kier alpha value is -2.38. The Morgan fingerprint density at radius 3 is 2.64 bits per heavy atom. The van der Waals surface area contributed by atoms with E-state index in [-0.39, 0.29) is 5.91 Å². The Morgan fingerprint density at radius 2 is 1.93 bits per heavy atom. The van der Waals surface area contributed by atoms with Crippen molar-refractivity contribution in [1.82, 2.24) is 9.97 Å². The fourth-order valence-corrected chi connectivity index (χ4v) is 3.75. The Kier molecular flexibility index (Phi) is 7.06. The first-order valence-corrected chi connectivity index (χ1v) is 10.6. The Balaban J connectivity index is 1.69. The standard InChI is InChI=1S/C21H20BrN3O2S/c1-3-27-17-10-8-16(9-11-17)24-20(26)19-18(22)12-23-21(25-19)28-13-15-7-5-4-6-14(15)2/h4-12H,3,13H2,1-2H3,(H,24,26). The predicted octanol–water partition coefficient (Wildman–Crippen LogP) is 5.49. The van der Waals surface area contributed by atoms with E-state index in [4.69, 9.17) is 4.74 Å². The molecule has 0 unspecified atom stereocenters. The zero-order valence-corrected chi connectivity index (χ0v) is 18.0. The molecule has 28 heavy (non-hydrogen) atoms. The number of carbonyl (C=O) groups is 1. The Labute approximate surface area is 177 Å². The number of halogens is 1. The van der Waals surface area contributed by atoms with Crippen molar-refractivity contribution < 1.29 is 9.53 Å². The van der Waals surface area contributed by atoms with Crippen molar-refractivity contribution in [1.29, 1.82) is 0 Å². The summed E-state index contributed by atoms with van der Waals surface area (Å²) in [5.74, 6) is 1.21. The van der Waals surface area contributed by atoms with Gasteiger partial charge in [0.05, 0.1) is 11.1 Å². The molecule has 0 bridgehead atoms. The van der Waals surface area contributed by atoms with E-state index in [1.165, 1.54) is 22.9 Å². The molecule has 0 saturated carbocycles. The van der Waals surface area contributed by atoms with Gasteiger partial charge in [-0.2, -0.15) is 0 Å². The number of thioether (sulfide) groups is 1. The summed E-state index contributed by atoms with van der Waals surface area (Å²) in [5, 5.41) is 3.41. The number of nitrogens with one attached hydrogen (secondary N) is 1. The fraction of sp³-hybridized carbons (Fsp3) is 0.190. The summed E-state index contributed by atoms with van der Waals surface area (Å²) < 4.78 is 5.97. The monoisotopic (exact) mass is 457 g/mol. The zero-order valence-electron chi connectivity index (χ0n) is 15.6. The molecule has 0 saturated heterocycles. The smallest absolute Gasteiger partial charge is 0.275 e. The van der Waals surface area contributed by atoms with Crippen molar-refractivity contribution in [3.63, 3.8) is 0 Å². The minimum absolute atomic E-state index is 0.295. The second-order valence-electron chi connectivity index (χ2n) is 5.98. The topological polar surface area (TPSA) is 64.1 Å². The van der Waals surface area contributed by atoms with Crippen LogP contribution in [0.3, 0.4) is 0 Å². The maximum absolute atomic E-state index is 12.7. The Bertz CT molecular complexity index is 964. The first-order valence-electron chi connectivity index (χ1n) is 8.81. The molecule has 0 fully saturated rings. The molecule has 7 heteroatoms. The number of rotatable bonds is 7. The molecular formula is C21H20BrN3O2S. The number of carbonyl (C=O) groups excluding carboxylic acids is 1. The zero-order chi connectivity index (χ0) is 19.9. The van der Waals surface area contributed by atoms with E-state index in [1.54, 1.807) is 18.3 Å². The summed E-state index contributed by atoms with van der Waals surface area (Å²) >= 11 is 4.87. The molecule has 2 aromatic carbocycles. The van der Waals surface area contributed by atoms with Gasteiger partial charge in [0.25, 0.3) is 5.91 Å². The van der Waals surface area contributed by atoms with E-state index < -0.39 is 0 Å². The third-order valence-corrected chi connectivity index (χ3v) is 5.47. The van der Waals surface area contributed by atoms with Crippen LogP contribution in [0.4, 0.5) is 5.69 Å². The highest BCUT2D eigenvalue weighted by Crippen LogP contribution is 2.24. The summed E-state index contributed by atoms with van der Waals surface area (Å²) in [6.45, 7) is 4.60. The molecule has 3 aromatic rings. The van der Waals surface area contributed by atoms with Crippen LogP contribution in [0.1, 0.15) is 28.5 Å². The molecule has 1 heterocycles. The van der Waals surface area contributed by atoms with Gasteiger partial charge in [-0.15, -0.1) is 0 Å². The summed E-state index contributed by atoms with van der Waals surface area (Å²) in [7, 11) is 0. The molecule has 0 spiro atoms. The lowest BCUT2D eigenvalue weighted by Gasteiger charge is -2.09. The van der Waals surface area contributed by atoms with Gasteiger partial charge in [0, 0.05) is 17.6 Å². The maximum Gasteiger partial charge on any atom is 0.275 e. The van der Waals surface area contributed by atoms with Crippen molar-refractivity contribution in [2.45, 2.75) is 24.8 Å². The number of anilines is 1. The lowest BCUT2D eigenvalue weighted by atomic mass is 10.1. The number of aryl methyl sites for hydroxylation is 1. The van der Waals surface area contributed by atoms with Gasteiger partial charge in [-0.3, -0.25) is 4.79 Å². The number of aromatic nitrogens is 2. The fourth-order valence-electron chi connectivity index (χ4n) is 2.49. The van der Waals surface area contributed by atoms with Gasteiger partial charge >= 0.3 is 0 Å². The number of amides is 1. The number of nitrogens with zero attached hydrogens (tertiary/aromatic N) is 2. The first kappa shape index (κ1) is 20.4. The lowest BCUT2D eigenvalue weighted by molar-refractivity contribution is 0.102. The largest absolute Gasteiger partial charge is 0.494 e. The highest BCUT2D eigenvalue weighted by atomic mass is 79.9. The molecule has 0 atom stereocenters. The van der Waals surface area contributed by atoms with Gasteiger partial charge in [-0.05, 0) is 65.2 Å². The van der Waals surface area contributed by atoms with Crippen LogP contribution in [0.5, 0.6) is 5.75 Å². The van der Waals surface area contributed by atoms with E-state index in [1.807, 2.05) is 31.2 Å². The third-order valence-electron chi connectivity index (χ3n) is 3.98. The summed E-state index contributed by atoms with van der Waals surface area (Å²) in [4.78, 5) is 21.4. The van der Waals surface area contributed by atoms with Crippen LogP contribution >= 0.6 is 27.7 Å². The van der Waals surface area contributed by atoms with Gasteiger partial charge in [0.1, 0.15) is 11.4 Å². The van der Waals surface area contributed by atoms with Crippen LogP contribution in [-0.2, 0) is 5.75 Å². The summed E-state index contributed by atoms with van der Waals surface area (Å²) in [6.07, 6.45) is 1.61. The average Bonchev–Trinajstić information content (AvgIpc) is 2.70. The molecule has 1 aromatic heterocycles. The van der Waals surface area contributed by atoms with Crippen LogP contribution in [0.25, 0.3) is 0 Å². The molecule has 1 N–H and O–H groups in total. The third kappa shape index (κ3) is 5.33. The molecule has 0 aliphatic heterocycles. The quantitative estimate of drug-likeness (QED) is 0.375. The number of hydrogen-bond donors (Lipinski definition) is 1. The van der Waals surface area contributed by atoms with Gasteiger partial charge in [-0.25, -0.2) is 9.97 Å². The van der Waals surface area contributed by atoms with Gasteiger partial charge in [-0.1, -0.05) is 36.0 Å². The number of benzene rings is 2. The second-order valence-corrected chi connectivity index (χ2v) is 7.77. The maximum atomic E-state index is 12.7. The average molecular weight is 458 g/mol. The summed E-state index contributed by atoms with van der Waals surface area (Å²) in [6, 6.07) is 15.4. The Morgan fingerprint density at radius 1 is 1.18 bits per heavy atom. The van der Waals surface area contributed by atoms with E-state index in [0.717, 1.165) is 11.5 Å². The lowest BCUT2D eigenvalue weighted by Crippen LogP contribution is -2.15. The molecule has 3 rings (SSSR count). The van der Waals surface area contributed by atoms with Gasteiger partial charge < -0.3 is 10.1 Å². The number of ether oxygens (including phenoxy) is 1. The van der Waals surface area contributed by atoms with Crippen LogP contribution in [0.15, 0.2) is 64.4 Å². The van der Waals surface area contributed by atoms with Crippen LogP contribution in [0.2, 0.25) is 0 Å². The van der Waals surface area contributed by atoms with Crippen molar-refractivity contribution >= 4 is 39.3 Å². The highest BCUT2D eigenvalue weighted by molar-refractivity contribution is 9.10. The molecular weight excluding hydrogens is 438 g/mol. The van der Waals surface area contributed by atoms with Crippen molar-refractivity contribution in [3.8, 4) is 5.75 Å². The summed E-state index contributed by atoms with van der Waals surface area (Å²) in [5.41, 5.74) is 3.42. The highest BCUT2D eigenvalue weighted by Gasteiger charge is 2.15. The molecule has 0 aliphatic carbocycles. The molecule has 144 valence electrons. The number of hydrogen-bond acceptors (Lipinski definition) is 5. The van der Waals surface area contributed by atoms with Gasteiger partial charge in [0.2, 0.25) is 0 Å². The predicted molar refractivity (Wildman–Crippen MR) is 116 cm³/mol. The van der Waals surface area contributed by atoms with Crippen molar-refractivity contribution in [3.05, 3.63) is 76.0 Å². The first-order chi connectivity index (χ1) is 13.6. The molecule has 0 radical (unpaired) electrons. The van der Waals surface area contributed by atoms with E-state index >= 15 is 0 Å². The van der Waals surface area contributed by atoms with E-state index in [9.17, 15) is 4.79 Å². The molecule has 0 aliphatic rings. The minimum atomic E-state index is -0.295. The minimum Gasteiger partial charge on any atom is -0.494 e. The van der Waals surface area contributed by atoms with E-state index in [0.29, 0.717) is 27.6 Å². The van der Waals surface area contributed by atoms with Crippen molar-refractivity contribution in [2.24, 2.45) is 0 Å². The van der Waals surface area contributed by atoms with E-state index in [2.05, 4.69) is 50.3 Å². The van der Waals surface area contributed by atoms with Crippen LogP contribution in [-0.4, -0.2) is 22.5 Å². The van der Waals surface area contributed by atoms with Crippen molar-refractivity contribution in [2.75, 3.05) is 11.9 Å². The second kappa shape index (κ2) is 9.71.